The number of hydrogen-bond acceptors (Lipinski definition) is 5. The molecule has 0 saturated heterocycles. The molecular formula is C14H14BrN3O3. The summed E-state index contributed by atoms with van der Waals surface area (Å²) >= 11 is 3.42. The summed E-state index contributed by atoms with van der Waals surface area (Å²) in [5, 5.41) is 10.8. The number of rotatable bonds is 5. The summed E-state index contributed by atoms with van der Waals surface area (Å²) in [5.74, 6) is 6.09. The number of halogens is 1. The highest BCUT2D eigenvalue weighted by Gasteiger charge is 2.11. The van der Waals surface area contributed by atoms with Crippen LogP contribution in [0.1, 0.15) is 11.1 Å². The third kappa shape index (κ3) is 3.71. The second-order valence-electron chi connectivity index (χ2n) is 4.44. The van der Waals surface area contributed by atoms with E-state index in [1.807, 2.05) is 25.1 Å². The number of aryl methyl sites for hydroxylation is 1. The molecule has 2 aromatic rings. The molecule has 0 aliphatic carbocycles. The van der Waals surface area contributed by atoms with Gasteiger partial charge < -0.3 is 10.2 Å². The predicted octanol–water partition coefficient (Wildman–Crippen LogP) is 3.53. The number of hydrogen-bond donors (Lipinski definition) is 2. The zero-order valence-corrected chi connectivity index (χ0v) is 12.9. The number of nitrogens with zero attached hydrogens (tertiary/aromatic N) is 1. The first kappa shape index (κ1) is 15.3. The summed E-state index contributed by atoms with van der Waals surface area (Å²) in [6, 6.07) is 9.99. The van der Waals surface area contributed by atoms with E-state index in [0.717, 1.165) is 10.0 Å². The van der Waals surface area contributed by atoms with Gasteiger partial charge in [-0.05, 0) is 36.8 Å². The number of nitro groups is 1. The van der Waals surface area contributed by atoms with Crippen LogP contribution in [0.15, 0.2) is 40.9 Å². The third-order valence-corrected chi connectivity index (χ3v) is 3.87. The standard InChI is InChI=1S/C14H14BrN3O3/c1-9-6-12(3-4-13(9)15)21-8-10-7-11(18(19)20)2-5-14(10)17-16/h2-7,17H,8,16H2,1H3. The van der Waals surface area contributed by atoms with Crippen molar-refractivity contribution >= 4 is 27.3 Å². The van der Waals surface area contributed by atoms with Crippen LogP contribution in [0.3, 0.4) is 0 Å². The number of benzene rings is 2. The zero-order chi connectivity index (χ0) is 15.4. The summed E-state index contributed by atoms with van der Waals surface area (Å²) < 4.78 is 6.66. The molecule has 0 radical (unpaired) electrons. The molecular weight excluding hydrogens is 338 g/mol. The third-order valence-electron chi connectivity index (χ3n) is 2.98. The summed E-state index contributed by atoms with van der Waals surface area (Å²) in [6.45, 7) is 2.14. The van der Waals surface area contributed by atoms with Gasteiger partial charge in [0.15, 0.2) is 0 Å². The van der Waals surface area contributed by atoms with Crippen molar-refractivity contribution in [1.82, 2.24) is 0 Å². The Hall–Kier alpha value is -2.12. The summed E-state index contributed by atoms with van der Waals surface area (Å²) in [5.41, 5.74) is 4.76. The van der Waals surface area contributed by atoms with Crippen molar-refractivity contribution in [2.24, 2.45) is 5.84 Å². The second kappa shape index (κ2) is 6.55. The van der Waals surface area contributed by atoms with Crippen LogP contribution in [0.25, 0.3) is 0 Å². The Kier molecular flexibility index (Phi) is 4.77. The molecule has 2 rings (SSSR count). The van der Waals surface area contributed by atoms with Gasteiger partial charge in [-0.1, -0.05) is 15.9 Å². The molecule has 0 bridgehead atoms. The van der Waals surface area contributed by atoms with Crippen LogP contribution >= 0.6 is 15.9 Å². The summed E-state index contributed by atoms with van der Waals surface area (Å²) in [4.78, 5) is 10.4. The Balaban J connectivity index is 2.19. The predicted molar refractivity (Wildman–Crippen MR) is 84.1 cm³/mol. The number of nitro benzene ring substituents is 1. The number of nitrogen functional groups attached to an aromatic ring is 1. The molecule has 0 spiro atoms. The van der Waals surface area contributed by atoms with E-state index in [9.17, 15) is 10.1 Å². The normalized spacial score (nSPS) is 10.2. The highest BCUT2D eigenvalue weighted by Crippen LogP contribution is 2.25. The van der Waals surface area contributed by atoms with Crippen LogP contribution in [0.4, 0.5) is 11.4 Å². The number of nitrogens with two attached hydrogens (primary N) is 1. The van der Waals surface area contributed by atoms with E-state index in [0.29, 0.717) is 17.0 Å². The van der Waals surface area contributed by atoms with Crippen molar-refractivity contribution in [3.63, 3.8) is 0 Å². The van der Waals surface area contributed by atoms with Crippen LogP contribution in [0, 0.1) is 17.0 Å². The lowest BCUT2D eigenvalue weighted by molar-refractivity contribution is -0.384. The van der Waals surface area contributed by atoms with Gasteiger partial charge in [-0.3, -0.25) is 16.0 Å². The lowest BCUT2D eigenvalue weighted by atomic mass is 10.1. The van der Waals surface area contributed by atoms with Crippen LogP contribution in [-0.4, -0.2) is 4.92 Å². The van der Waals surface area contributed by atoms with Gasteiger partial charge in [-0.15, -0.1) is 0 Å². The number of ether oxygens (including phenoxy) is 1. The molecule has 21 heavy (non-hydrogen) atoms. The van der Waals surface area contributed by atoms with Crippen molar-refractivity contribution in [2.75, 3.05) is 5.43 Å². The van der Waals surface area contributed by atoms with Gasteiger partial charge in [0.1, 0.15) is 12.4 Å². The molecule has 0 amide bonds. The highest BCUT2D eigenvalue weighted by atomic mass is 79.9. The minimum Gasteiger partial charge on any atom is -0.489 e. The molecule has 0 heterocycles. The van der Waals surface area contributed by atoms with E-state index in [-0.39, 0.29) is 12.3 Å². The van der Waals surface area contributed by atoms with Gasteiger partial charge in [0.2, 0.25) is 0 Å². The average Bonchev–Trinajstić information content (AvgIpc) is 2.48. The van der Waals surface area contributed by atoms with Gasteiger partial charge >= 0.3 is 0 Å². The van der Waals surface area contributed by atoms with Crippen LogP contribution in [0.2, 0.25) is 0 Å². The first-order chi connectivity index (χ1) is 10.0. The SMILES string of the molecule is Cc1cc(OCc2cc([N+](=O)[O-])ccc2NN)ccc1Br. The van der Waals surface area contributed by atoms with E-state index >= 15 is 0 Å². The van der Waals surface area contributed by atoms with Gasteiger partial charge in [0, 0.05) is 22.2 Å². The number of non-ortho nitro benzene ring substituents is 1. The van der Waals surface area contributed by atoms with E-state index in [1.165, 1.54) is 12.1 Å². The van der Waals surface area contributed by atoms with Crippen molar-refractivity contribution in [1.29, 1.82) is 0 Å². The molecule has 110 valence electrons. The molecule has 0 aliphatic rings. The first-order valence-electron chi connectivity index (χ1n) is 6.14. The van der Waals surface area contributed by atoms with Gasteiger partial charge in [-0.25, -0.2) is 0 Å². The molecule has 0 saturated carbocycles. The maximum absolute atomic E-state index is 10.8. The first-order valence-corrected chi connectivity index (χ1v) is 6.93. The van der Waals surface area contributed by atoms with Gasteiger partial charge in [-0.2, -0.15) is 0 Å². The fourth-order valence-corrected chi connectivity index (χ4v) is 2.07. The van der Waals surface area contributed by atoms with Crippen molar-refractivity contribution in [2.45, 2.75) is 13.5 Å². The molecule has 6 nitrogen and oxygen atoms in total. The van der Waals surface area contributed by atoms with Crippen molar-refractivity contribution < 1.29 is 9.66 Å². The summed E-state index contributed by atoms with van der Waals surface area (Å²) in [6.07, 6.45) is 0. The number of anilines is 1. The Labute approximate surface area is 130 Å². The smallest absolute Gasteiger partial charge is 0.269 e. The molecule has 0 aliphatic heterocycles. The van der Waals surface area contributed by atoms with Crippen LogP contribution < -0.4 is 16.0 Å². The molecule has 7 heteroatoms. The van der Waals surface area contributed by atoms with Crippen LogP contribution in [-0.2, 0) is 6.61 Å². The Bertz CT molecular complexity index is 677. The lowest BCUT2D eigenvalue weighted by Gasteiger charge is -2.11. The number of nitrogens with one attached hydrogen (secondary N) is 1. The molecule has 2 aromatic carbocycles. The van der Waals surface area contributed by atoms with Gasteiger partial charge in [0.25, 0.3) is 5.69 Å². The molecule has 0 aromatic heterocycles. The van der Waals surface area contributed by atoms with Gasteiger partial charge in [0.05, 0.1) is 10.6 Å². The fraction of sp³-hybridized carbons (Fsp3) is 0.143. The minimum absolute atomic E-state index is 0.000383. The van der Waals surface area contributed by atoms with Crippen LogP contribution in [0.5, 0.6) is 5.75 Å². The summed E-state index contributed by atoms with van der Waals surface area (Å²) in [7, 11) is 0. The number of hydrazine groups is 1. The average molecular weight is 352 g/mol. The Morgan fingerprint density at radius 1 is 1.33 bits per heavy atom. The van der Waals surface area contributed by atoms with E-state index < -0.39 is 4.92 Å². The second-order valence-corrected chi connectivity index (χ2v) is 5.30. The molecule has 0 atom stereocenters. The van der Waals surface area contributed by atoms with E-state index in [4.69, 9.17) is 10.6 Å². The molecule has 0 unspecified atom stereocenters. The largest absolute Gasteiger partial charge is 0.489 e. The van der Waals surface area contributed by atoms with E-state index in [2.05, 4.69) is 21.4 Å². The molecule has 0 fully saturated rings. The lowest BCUT2D eigenvalue weighted by Crippen LogP contribution is -2.10. The van der Waals surface area contributed by atoms with Crippen molar-refractivity contribution in [3.8, 4) is 5.75 Å². The highest BCUT2D eigenvalue weighted by molar-refractivity contribution is 9.10. The topological polar surface area (TPSA) is 90.4 Å². The van der Waals surface area contributed by atoms with Crippen molar-refractivity contribution in [3.05, 3.63) is 62.1 Å². The van der Waals surface area contributed by atoms with E-state index in [1.54, 1.807) is 6.07 Å². The fourth-order valence-electron chi connectivity index (χ4n) is 1.82. The Morgan fingerprint density at radius 2 is 2.10 bits per heavy atom. The Morgan fingerprint density at radius 3 is 2.71 bits per heavy atom. The maximum atomic E-state index is 10.8. The minimum atomic E-state index is -0.451. The monoisotopic (exact) mass is 351 g/mol. The maximum Gasteiger partial charge on any atom is 0.269 e. The molecule has 3 N–H and O–H groups in total. The quantitative estimate of drug-likeness (QED) is 0.488. The zero-order valence-electron chi connectivity index (χ0n) is 11.3.